The second kappa shape index (κ2) is 7.43. The molecule has 3 nitrogen and oxygen atoms in total. The molecule has 0 radical (unpaired) electrons. The fraction of sp³-hybridized carbons (Fsp3) is 0.562. The van der Waals surface area contributed by atoms with Crippen LogP contribution in [0.4, 0.5) is 0 Å². The first kappa shape index (κ1) is 16.5. The lowest BCUT2D eigenvalue weighted by Gasteiger charge is -2.39. The molecule has 5 heteroatoms. The first-order chi connectivity index (χ1) is 10.1. The Labute approximate surface area is 136 Å². The van der Waals surface area contributed by atoms with Crippen molar-refractivity contribution in [3.8, 4) is 0 Å². The summed E-state index contributed by atoms with van der Waals surface area (Å²) in [5.74, 6) is 0.238. The molecule has 2 rings (SSSR count). The van der Waals surface area contributed by atoms with Gasteiger partial charge in [0.1, 0.15) is 0 Å². The fourth-order valence-electron chi connectivity index (χ4n) is 2.94. The van der Waals surface area contributed by atoms with E-state index in [1.54, 1.807) is 6.08 Å². The van der Waals surface area contributed by atoms with Gasteiger partial charge in [-0.2, -0.15) is 0 Å². The number of carbonyl (C=O) groups excluding carboxylic acids is 1. The number of halogens is 1. The number of nitrogens with one attached hydrogen (secondary N) is 1. The van der Waals surface area contributed by atoms with Crippen molar-refractivity contribution in [3.05, 3.63) is 34.0 Å². The lowest BCUT2D eigenvalue weighted by atomic mass is 9.77. The molecule has 1 saturated heterocycles. The van der Waals surface area contributed by atoms with E-state index in [1.807, 2.05) is 17.0 Å². The van der Waals surface area contributed by atoms with Gasteiger partial charge in [-0.15, -0.1) is 17.9 Å². The van der Waals surface area contributed by atoms with Crippen LogP contribution in [0.3, 0.4) is 0 Å². The molecule has 1 fully saturated rings. The molecule has 1 aliphatic heterocycles. The zero-order valence-electron chi connectivity index (χ0n) is 12.5. The van der Waals surface area contributed by atoms with Gasteiger partial charge in [-0.05, 0) is 37.9 Å². The van der Waals surface area contributed by atoms with Gasteiger partial charge in [0.2, 0.25) is 5.91 Å². The van der Waals surface area contributed by atoms with E-state index < -0.39 is 0 Å². The predicted octanol–water partition coefficient (Wildman–Crippen LogP) is 3.70. The summed E-state index contributed by atoms with van der Waals surface area (Å²) in [5, 5.41) is 3.38. The van der Waals surface area contributed by atoms with Crippen LogP contribution in [-0.2, 0) is 11.3 Å². The molecule has 1 N–H and O–H groups in total. The molecular weight excluding hydrogens is 304 g/mol. The van der Waals surface area contributed by atoms with E-state index in [0.717, 1.165) is 41.6 Å². The zero-order chi connectivity index (χ0) is 15.3. The van der Waals surface area contributed by atoms with E-state index in [1.165, 1.54) is 11.3 Å². The second-order valence-electron chi connectivity index (χ2n) is 5.59. The van der Waals surface area contributed by atoms with Gasteiger partial charge in [0.15, 0.2) is 0 Å². The molecule has 1 unspecified atom stereocenters. The summed E-state index contributed by atoms with van der Waals surface area (Å²) in [6.07, 6.45) is 4.70. The zero-order valence-corrected chi connectivity index (χ0v) is 14.1. The monoisotopic (exact) mass is 326 g/mol. The van der Waals surface area contributed by atoms with Crippen molar-refractivity contribution in [2.24, 2.45) is 5.41 Å². The van der Waals surface area contributed by atoms with Crippen molar-refractivity contribution in [1.29, 1.82) is 0 Å². The van der Waals surface area contributed by atoms with Crippen LogP contribution in [0.2, 0.25) is 4.34 Å². The SMILES string of the molecule is C=CCN(Cc1ccc(Cl)s1)C(=O)C1(CC)CCCNC1. The summed E-state index contributed by atoms with van der Waals surface area (Å²) in [7, 11) is 0. The maximum atomic E-state index is 13.1. The lowest BCUT2D eigenvalue weighted by Crippen LogP contribution is -2.51. The third kappa shape index (κ3) is 3.87. The Bertz CT molecular complexity index is 494. The summed E-state index contributed by atoms with van der Waals surface area (Å²) >= 11 is 7.52. The number of rotatable bonds is 6. The van der Waals surface area contributed by atoms with Gasteiger partial charge in [-0.25, -0.2) is 0 Å². The average molecular weight is 327 g/mol. The van der Waals surface area contributed by atoms with Crippen molar-refractivity contribution in [2.75, 3.05) is 19.6 Å². The van der Waals surface area contributed by atoms with Gasteiger partial charge in [0.25, 0.3) is 0 Å². The standard InChI is InChI=1S/C16H23ClN2OS/c1-3-10-19(11-13-6-7-14(17)21-13)15(20)16(4-2)8-5-9-18-12-16/h3,6-7,18H,1,4-5,8-12H2,2H3. The van der Waals surface area contributed by atoms with Gasteiger partial charge < -0.3 is 10.2 Å². The van der Waals surface area contributed by atoms with Gasteiger partial charge >= 0.3 is 0 Å². The van der Waals surface area contributed by atoms with E-state index in [4.69, 9.17) is 11.6 Å². The molecule has 1 aromatic heterocycles. The largest absolute Gasteiger partial charge is 0.333 e. The quantitative estimate of drug-likeness (QED) is 0.808. The van der Waals surface area contributed by atoms with E-state index in [-0.39, 0.29) is 11.3 Å². The van der Waals surface area contributed by atoms with Crippen LogP contribution in [0, 0.1) is 5.41 Å². The van der Waals surface area contributed by atoms with Crippen molar-refractivity contribution in [1.82, 2.24) is 10.2 Å². The van der Waals surface area contributed by atoms with Crippen molar-refractivity contribution in [2.45, 2.75) is 32.7 Å². The number of thiophene rings is 1. The van der Waals surface area contributed by atoms with Crippen LogP contribution in [0.15, 0.2) is 24.8 Å². The predicted molar refractivity (Wildman–Crippen MR) is 89.8 cm³/mol. The highest BCUT2D eigenvalue weighted by molar-refractivity contribution is 7.16. The molecule has 0 aromatic carbocycles. The first-order valence-corrected chi connectivity index (χ1v) is 8.66. The Hall–Kier alpha value is -0.840. The molecule has 0 bridgehead atoms. The van der Waals surface area contributed by atoms with Crippen LogP contribution >= 0.6 is 22.9 Å². The molecule has 1 aromatic rings. The van der Waals surface area contributed by atoms with E-state index >= 15 is 0 Å². The summed E-state index contributed by atoms with van der Waals surface area (Å²) in [6, 6.07) is 3.88. The number of nitrogens with zero attached hydrogens (tertiary/aromatic N) is 1. The summed E-state index contributed by atoms with van der Waals surface area (Å²) in [5.41, 5.74) is -0.262. The molecule has 2 heterocycles. The maximum absolute atomic E-state index is 13.1. The number of hydrogen-bond donors (Lipinski definition) is 1. The average Bonchev–Trinajstić information content (AvgIpc) is 2.92. The topological polar surface area (TPSA) is 32.3 Å². The number of hydrogen-bond acceptors (Lipinski definition) is 3. The van der Waals surface area contributed by atoms with Gasteiger partial charge in [-0.1, -0.05) is 24.6 Å². The number of amides is 1. The van der Waals surface area contributed by atoms with Crippen LogP contribution < -0.4 is 5.32 Å². The van der Waals surface area contributed by atoms with Crippen molar-refractivity contribution >= 4 is 28.8 Å². The normalized spacial score (nSPS) is 22.0. The minimum absolute atomic E-state index is 0.238. The molecule has 0 aliphatic carbocycles. The highest BCUT2D eigenvalue weighted by atomic mass is 35.5. The smallest absolute Gasteiger partial charge is 0.230 e. The van der Waals surface area contributed by atoms with Crippen LogP contribution in [0.25, 0.3) is 0 Å². The maximum Gasteiger partial charge on any atom is 0.230 e. The highest BCUT2D eigenvalue weighted by Gasteiger charge is 2.40. The third-order valence-corrected chi connectivity index (χ3v) is 5.43. The minimum Gasteiger partial charge on any atom is -0.333 e. The minimum atomic E-state index is -0.262. The van der Waals surface area contributed by atoms with Crippen LogP contribution in [-0.4, -0.2) is 30.4 Å². The highest BCUT2D eigenvalue weighted by Crippen LogP contribution is 2.33. The number of piperidine rings is 1. The molecule has 1 amide bonds. The van der Waals surface area contributed by atoms with Crippen LogP contribution in [0.5, 0.6) is 0 Å². The van der Waals surface area contributed by atoms with Crippen LogP contribution in [0.1, 0.15) is 31.1 Å². The Morgan fingerprint density at radius 3 is 2.95 bits per heavy atom. The summed E-state index contributed by atoms with van der Waals surface area (Å²) < 4.78 is 0.764. The molecule has 116 valence electrons. The van der Waals surface area contributed by atoms with E-state index in [2.05, 4.69) is 18.8 Å². The Kier molecular flexibility index (Phi) is 5.85. The lowest BCUT2D eigenvalue weighted by molar-refractivity contribution is -0.143. The Morgan fingerprint density at radius 2 is 2.43 bits per heavy atom. The molecule has 0 saturated carbocycles. The third-order valence-electron chi connectivity index (χ3n) is 4.21. The fourth-order valence-corrected chi connectivity index (χ4v) is 4.04. The van der Waals surface area contributed by atoms with Gasteiger partial charge in [0, 0.05) is 18.0 Å². The van der Waals surface area contributed by atoms with Gasteiger partial charge in [0.05, 0.1) is 16.3 Å². The molecular formula is C16H23ClN2OS. The second-order valence-corrected chi connectivity index (χ2v) is 7.39. The van der Waals surface area contributed by atoms with Crippen molar-refractivity contribution in [3.63, 3.8) is 0 Å². The molecule has 1 atom stereocenters. The van der Waals surface area contributed by atoms with E-state index in [9.17, 15) is 4.79 Å². The van der Waals surface area contributed by atoms with Gasteiger partial charge in [-0.3, -0.25) is 4.79 Å². The summed E-state index contributed by atoms with van der Waals surface area (Å²) in [6.45, 7) is 8.89. The van der Waals surface area contributed by atoms with E-state index in [0.29, 0.717) is 13.1 Å². The molecule has 1 aliphatic rings. The Balaban J connectivity index is 2.15. The summed E-state index contributed by atoms with van der Waals surface area (Å²) in [4.78, 5) is 16.1. The first-order valence-electron chi connectivity index (χ1n) is 7.46. The molecule has 21 heavy (non-hydrogen) atoms. The van der Waals surface area contributed by atoms with Crippen molar-refractivity contribution < 1.29 is 4.79 Å². The Morgan fingerprint density at radius 1 is 1.62 bits per heavy atom. The molecule has 0 spiro atoms. The number of carbonyl (C=O) groups is 1.